The molecule has 2 aromatic carbocycles. The predicted octanol–water partition coefficient (Wildman–Crippen LogP) is 4.31. The average molecular weight is 323 g/mol. The van der Waals surface area contributed by atoms with Gasteiger partial charge in [0.2, 0.25) is 5.89 Å². The maximum Gasteiger partial charge on any atom is 0.227 e. The van der Waals surface area contributed by atoms with E-state index in [4.69, 9.17) is 9.15 Å². The molecular weight excluding hydrogens is 302 g/mol. The Kier molecular flexibility index (Phi) is 4.32. The zero-order valence-electron chi connectivity index (χ0n) is 13.5. The Morgan fingerprint density at radius 1 is 1.04 bits per heavy atom. The van der Waals surface area contributed by atoms with Gasteiger partial charge in [-0.1, -0.05) is 37.1 Å². The lowest BCUT2D eigenvalue weighted by atomic mass is 9.95. The lowest BCUT2D eigenvalue weighted by molar-refractivity contribution is -0.0661. The third-order valence-electron chi connectivity index (χ3n) is 4.63. The first-order chi connectivity index (χ1) is 11.8. The van der Waals surface area contributed by atoms with E-state index >= 15 is 0 Å². The number of hydrogen-bond donors (Lipinski definition) is 1. The van der Waals surface area contributed by atoms with E-state index in [0.29, 0.717) is 12.5 Å². The monoisotopic (exact) mass is 323 g/mol. The molecule has 4 heteroatoms. The predicted molar refractivity (Wildman–Crippen MR) is 92.5 cm³/mol. The molecule has 1 aromatic heterocycles. The molecule has 2 atom stereocenters. The van der Waals surface area contributed by atoms with E-state index in [1.54, 1.807) is 0 Å². The van der Waals surface area contributed by atoms with Crippen molar-refractivity contribution in [2.75, 3.05) is 0 Å². The minimum atomic E-state index is -0.322. The summed E-state index contributed by atoms with van der Waals surface area (Å²) in [5, 5.41) is 9.96. The molecule has 1 heterocycles. The number of hydrogen-bond acceptors (Lipinski definition) is 4. The van der Waals surface area contributed by atoms with Crippen LogP contribution in [-0.2, 0) is 11.3 Å². The summed E-state index contributed by atoms with van der Waals surface area (Å²) in [5.74, 6) is 0.631. The first kappa shape index (κ1) is 15.4. The van der Waals surface area contributed by atoms with Crippen molar-refractivity contribution in [1.29, 1.82) is 0 Å². The summed E-state index contributed by atoms with van der Waals surface area (Å²) in [6.45, 7) is 0.523. The number of aromatic nitrogens is 1. The van der Waals surface area contributed by atoms with Gasteiger partial charge in [-0.15, -0.1) is 0 Å². The molecule has 4 rings (SSSR count). The number of para-hydroxylation sites is 2. The fraction of sp³-hybridized carbons (Fsp3) is 0.350. The fourth-order valence-corrected chi connectivity index (χ4v) is 3.21. The summed E-state index contributed by atoms with van der Waals surface area (Å²) in [7, 11) is 0. The number of ether oxygens (including phenoxy) is 1. The van der Waals surface area contributed by atoms with Gasteiger partial charge in [-0.25, -0.2) is 4.98 Å². The molecule has 1 aliphatic carbocycles. The van der Waals surface area contributed by atoms with Crippen molar-refractivity contribution >= 4 is 11.1 Å². The largest absolute Gasteiger partial charge is 0.436 e. The number of nitrogens with zero attached hydrogens (tertiary/aromatic N) is 1. The first-order valence-corrected chi connectivity index (χ1v) is 8.54. The van der Waals surface area contributed by atoms with Gasteiger partial charge in [0.25, 0.3) is 0 Å². The van der Waals surface area contributed by atoms with Crippen LogP contribution < -0.4 is 0 Å². The number of fused-ring (bicyclic) bond motifs is 1. The van der Waals surface area contributed by atoms with Gasteiger partial charge < -0.3 is 14.3 Å². The number of oxazole rings is 1. The Balaban J connectivity index is 1.44. The van der Waals surface area contributed by atoms with Crippen molar-refractivity contribution in [2.45, 2.75) is 44.5 Å². The molecule has 24 heavy (non-hydrogen) atoms. The lowest BCUT2D eigenvalue weighted by Crippen LogP contribution is -2.32. The molecule has 0 unspecified atom stereocenters. The molecule has 0 aliphatic heterocycles. The third-order valence-corrected chi connectivity index (χ3v) is 4.63. The van der Waals surface area contributed by atoms with Gasteiger partial charge in [-0.05, 0) is 42.7 Å². The molecule has 4 nitrogen and oxygen atoms in total. The average Bonchev–Trinajstić information content (AvgIpc) is 3.06. The van der Waals surface area contributed by atoms with Crippen LogP contribution in [0.1, 0.15) is 31.2 Å². The Labute approximate surface area is 141 Å². The van der Waals surface area contributed by atoms with Crippen LogP contribution in [0.15, 0.2) is 52.9 Å². The van der Waals surface area contributed by atoms with Gasteiger partial charge in [-0.3, -0.25) is 0 Å². The highest BCUT2D eigenvalue weighted by Crippen LogP contribution is 2.25. The van der Waals surface area contributed by atoms with Gasteiger partial charge in [0, 0.05) is 5.56 Å². The summed E-state index contributed by atoms with van der Waals surface area (Å²) in [6.07, 6.45) is 3.68. The molecule has 1 saturated carbocycles. The zero-order chi connectivity index (χ0) is 16.4. The Morgan fingerprint density at radius 3 is 2.62 bits per heavy atom. The molecular formula is C20H21NO3. The highest BCUT2D eigenvalue weighted by atomic mass is 16.5. The standard InChI is InChI=1S/C20H21NO3/c22-17-6-2-4-8-19(17)23-13-14-9-11-15(12-10-14)20-21-16-5-1-3-7-18(16)24-20/h1,3,5,7,9-12,17,19,22H,2,4,6,8,13H2/t17-,19+/m1/s1. The van der Waals surface area contributed by atoms with E-state index in [1.165, 1.54) is 0 Å². The molecule has 1 fully saturated rings. The van der Waals surface area contributed by atoms with Crippen LogP contribution >= 0.6 is 0 Å². The van der Waals surface area contributed by atoms with Crippen LogP contribution in [0.4, 0.5) is 0 Å². The van der Waals surface area contributed by atoms with E-state index < -0.39 is 0 Å². The maximum atomic E-state index is 9.96. The van der Waals surface area contributed by atoms with E-state index in [-0.39, 0.29) is 12.2 Å². The summed E-state index contributed by atoms with van der Waals surface area (Å²) >= 11 is 0. The molecule has 1 aliphatic rings. The number of aliphatic hydroxyl groups is 1. The van der Waals surface area contributed by atoms with Crippen molar-refractivity contribution in [3.63, 3.8) is 0 Å². The lowest BCUT2D eigenvalue weighted by Gasteiger charge is -2.27. The highest BCUT2D eigenvalue weighted by Gasteiger charge is 2.23. The van der Waals surface area contributed by atoms with Crippen LogP contribution in [-0.4, -0.2) is 22.3 Å². The van der Waals surface area contributed by atoms with E-state index in [2.05, 4.69) is 4.98 Å². The van der Waals surface area contributed by atoms with E-state index in [0.717, 1.165) is 47.9 Å². The van der Waals surface area contributed by atoms with Crippen molar-refractivity contribution in [1.82, 2.24) is 4.98 Å². The molecule has 1 N–H and O–H groups in total. The van der Waals surface area contributed by atoms with Gasteiger partial charge in [0.1, 0.15) is 5.52 Å². The van der Waals surface area contributed by atoms with Crippen molar-refractivity contribution < 1.29 is 14.3 Å². The second-order valence-corrected chi connectivity index (χ2v) is 6.38. The maximum absolute atomic E-state index is 9.96. The summed E-state index contributed by atoms with van der Waals surface area (Å²) < 4.78 is 11.7. The minimum Gasteiger partial charge on any atom is -0.436 e. The van der Waals surface area contributed by atoms with Gasteiger partial charge in [-0.2, -0.15) is 0 Å². The van der Waals surface area contributed by atoms with Gasteiger partial charge in [0.15, 0.2) is 5.58 Å². The van der Waals surface area contributed by atoms with Gasteiger partial charge >= 0.3 is 0 Å². The quantitative estimate of drug-likeness (QED) is 0.777. The number of aliphatic hydroxyl groups excluding tert-OH is 1. The van der Waals surface area contributed by atoms with E-state index in [1.807, 2.05) is 48.5 Å². The van der Waals surface area contributed by atoms with Gasteiger partial charge in [0.05, 0.1) is 18.8 Å². The van der Waals surface area contributed by atoms with Crippen LogP contribution in [0.2, 0.25) is 0 Å². The van der Waals surface area contributed by atoms with Crippen molar-refractivity contribution in [3.8, 4) is 11.5 Å². The Bertz CT molecular complexity index is 776. The topological polar surface area (TPSA) is 55.5 Å². The molecule has 124 valence electrons. The third kappa shape index (κ3) is 3.21. The molecule has 0 spiro atoms. The SMILES string of the molecule is O[C@@H]1CCCC[C@@H]1OCc1ccc(-c2nc3ccccc3o2)cc1. The minimum absolute atomic E-state index is 0.0320. The molecule has 0 bridgehead atoms. The normalized spacial score (nSPS) is 21.2. The summed E-state index contributed by atoms with van der Waals surface area (Å²) in [4.78, 5) is 4.51. The summed E-state index contributed by atoms with van der Waals surface area (Å²) in [6, 6.07) is 15.8. The Morgan fingerprint density at radius 2 is 1.83 bits per heavy atom. The Hall–Kier alpha value is -2.17. The van der Waals surface area contributed by atoms with Crippen LogP contribution in [0, 0.1) is 0 Å². The fourth-order valence-electron chi connectivity index (χ4n) is 3.21. The number of benzene rings is 2. The second-order valence-electron chi connectivity index (χ2n) is 6.38. The molecule has 0 radical (unpaired) electrons. The molecule has 3 aromatic rings. The summed E-state index contributed by atoms with van der Waals surface area (Å²) in [5.41, 5.74) is 3.71. The first-order valence-electron chi connectivity index (χ1n) is 8.54. The van der Waals surface area contributed by atoms with Crippen LogP contribution in [0.3, 0.4) is 0 Å². The van der Waals surface area contributed by atoms with E-state index in [9.17, 15) is 5.11 Å². The number of rotatable bonds is 4. The smallest absolute Gasteiger partial charge is 0.227 e. The zero-order valence-corrected chi connectivity index (χ0v) is 13.5. The molecule has 0 saturated heterocycles. The highest BCUT2D eigenvalue weighted by molar-refractivity contribution is 5.75. The second kappa shape index (κ2) is 6.75. The van der Waals surface area contributed by atoms with Crippen molar-refractivity contribution in [3.05, 3.63) is 54.1 Å². The van der Waals surface area contributed by atoms with Crippen molar-refractivity contribution in [2.24, 2.45) is 0 Å². The van der Waals surface area contributed by atoms with Crippen LogP contribution in [0.5, 0.6) is 0 Å². The van der Waals surface area contributed by atoms with Crippen LogP contribution in [0.25, 0.3) is 22.6 Å². The molecule has 0 amide bonds.